The zero-order chi connectivity index (χ0) is 18.4. The maximum atomic E-state index is 13.7. The molecule has 1 aliphatic rings. The van der Waals surface area contributed by atoms with Crippen molar-refractivity contribution in [1.29, 1.82) is 0 Å². The lowest BCUT2D eigenvalue weighted by atomic mass is 9.78. The number of likely N-dealkylation sites (N-methyl/N-ethyl adjacent to an activating group) is 1. The number of carbonyl (C=O) groups is 1. The van der Waals surface area contributed by atoms with Crippen LogP contribution in [0.15, 0.2) is 60.7 Å². The van der Waals surface area contributed by atoms with Gasteiger partial charge in [-0.1, -0.05) is 60.7 Å². The Kier molecular flexibility index (Phi) is 6.20. The number of hydrogen-bond acceptors (Lipinski definition) is 4. The molecular formula is C22H28N2O2. The molecule has 0 N–H and O–H groups in total. The molecule has 0 bridgehead atoms. The second kappa shape index (κ2) is 8.58. The molecule has 1 unspecified atom stereocenters. The minimum atomic E-state index is -0.680. The highest BCUT2D eigenvalue weighted by Gasteiger charge is 2.42. The molecule has 1 heterocycles. The van der Waals surface area contributed by atoms with E-state index in [9.17, 15) is 4.79 Å². The maximum absolute atomic E-state index is 13.7. The molecule has 26 heavy (non-hydrogen) atoms. The van der Waals surface area contributed by atoms with Crippen LogP contribution < -0.4 is 0 Å². The molecule has 1 atom stereocenters. The number of nitrogens with zero attached hydrogens (tertiary/aromatic N) is 2. The standard InChI is InChI=1S/C22H28N2O2/c1-23(2)22(20-11-7-4-8-12-20,13-14-24-15-17-26-18-16-24)21(25)19-9-5-3-6-10-19/h3-12H,13-18H2,1-2H3. The van der Waals surface area contributed by atoms with Gasteiger partial charge in [-0.25, -0.2) is 0 Å². The Morgan fingerprint density at radius 2 is 1.58 bits per heavy atom. The molecule has 1 saturated heterocycles. The van der Waals surface area contributed by atoms with Gasteiger partial charge in [0.25, 0.3) is 0 Å². The van der Waals surface area contributed by atoms with Crippen molar-refractivity contribution >= 4 is 5.78 Å². The molecule has 2 aromatic rings. The van der Waals surface area contributed by atoms with Gasteiger partial charge in [-0.05, 0) is 26.1 Å². The molecule has 4 nitrogen and oxygen atoms in total. The number of morpholine rings is 1. The molecule has 3 rings (SSSR count). The highest BCUT2D eigenvalue weighted by molar-refractivity contribution is 6.03. The lowest BCUT2D eigenvalue weighted by Gasteiger charge is -2.41. The lowest BCUT2D eigenvalue weighted by Crippen LogP contribution is -2.51. The summed E-state index contributed by atoms with van der Waals surface area (Å²) in [5.41, 5.74) is 1.13. The van der Waals surface area contributed by atoms with E-state index in [2.05, 4.69) is 21.9 Å². The second-order valence-corrected chi connectivity index (χ2v) is 7.02. The van der Waals surface area contributed by atoms with Crippen LogP contribution in [0.3, 0.4) is 0 Å². The third-order valence-corrected chi connectivity index (χ3v) is 5.32. The Hall–Kier alpha value is -2.01. The fourth-order valence-corrected chi connectivity index (χ4v) is 3.76. The first-order valence-electron chi connectivity index (χ1n) is 9.27. The first kappa shape index (κ1) is 18.8. The number of carbonyl (C=O) groups excluding carboxylic acids is 1. The van der Waals surface area contributed by atoms with E-state index in [0.717, 1.165) is 50.4 Å². The average molecular weight is 352 g/mol. The van der Waals surface area contributed by atoms with E-state index in [1.54, 1.807) is 0 Å². The van der Waals surface area contributed by atoms with Crippen LogP contribution in [0.2, 0.25) is 0 Å². The summed E-state index contributed by atoms with van der Waals surface area (Å²) >= 11 is 0. The summed E-state index contributed by atoms with van der Waals surface area (Å²) in [6.45, 7) is 4.27. The smallest absolute Gasteiger partial charge is 0.187 e. The van der Waals surface area contributed by atoms with Crippen LogP contribution in [0.1, 0.15) is 22.3 Å². The van der Waals surface area contributed by atoms with Gasteiger partial charge in [0, 0.05) is 25.2 Å². The fourth-order valence-electron chi connectivity index (χ4n) is 3.76. The Labute approximate surface area is 156 Å². The van der Waals surface area contributed by atoms with Crippen molar-refractivity contribution in [3.8, 4) is 0 Å². The predicted molar refractivity (Wildman–Crippen MR) is 104 cm³/mol. The summed E-state index contributed by atoms with van der Waals surface area (Å²) in [6.07, 6.45) is 0.748. The molecule has 138 valence electrons. The van der Waals surface area contributed by atoms with Gasteiger partial charge in [-0.2, -0.15) is 0 Å². The quantitative estimate of drug-likeness (QED) is 0.717. The number of ketones is 1. The molecule has 0 spiro atoms. The van der Waals surface area contributed by atoms with E-state index in [1.165, 1.54) is 0 Å². The van der Waals surface area contributed by atoms with Crippen LogP contribution in [0.25, 0.3) is 0 Å². The summed E-state index contributed by atoms with van der Waals surface area (Å²) in [7, 11) is 4.01. The Balaban J connectivity index is 1.97. The number of ether oxygens (including phenoxy) is 1. The molecule has 1 aliphatic heterocycles. The lowest BCUT2D eigenvalue weighted by molar-refractivity contribution is 0.0258. The Morgan fingerprint density at radius 3 is 2.15 bits per heavy atom. The average Bonchev–Trinajstić information content (AvgIpc) is 2.70. The highest BCUT2D eigenvalue weighted by atomic mass is 16.5. The normalized spacial score (nSPS) is 17.8. The first-order chi connectivity index (χ1) is 12.6. The number of Topliss-reactive ketones (excluding diaryl/α,β-unsaturated/α-hetero) is 1. The first-order valence-corrected chi connectivity index (χ1v) is 9.27. The second-order valence-electron chi connectivity index (χ2n) is 7.02. The topological polar surface area (TPSA) is 32.8 Å². The minimum absolute atomic E-state index is 0.155. The van der Waals surface area contributed by atoms with Crippen molar-refractivity contribution in [2.45, 2.75) is 12.0 Å². The zero-order valence-electron chi connectivity index (χ0n) is 15.7. The van der Waals surface area contributed by atoms with Crippen LogP contribution in [-0.2, 0) is 10.3 Å². The van der Waals surface area contributed by atoms with Crippen LogP contribution in [0.4, 0.5) is 0 Å². The largest absolute Gasteiger partial charge is 0.379 e. The van der Waals surface area contributed by atoms with Crippen molar-refractivity contribution in [3.05, 3.63) is 71.8 Å². The summed E-state index contributed by atoms with van der Waals surface area (Å²) < 4.78 is 5.46. The SMILES string of the molecule is CN(C)C(CCN1CCOCC1)(C(=O)c1ccccc1)c1ccccc1. The summed E-state index contributed by atoms with van der Waals surface area (Å²) in [5.74, 6) is 0.155. The van der Waals surface area contributed by atoms with E-state index >= 15 is 0 Å². The van der Waals surface area contributed by atoms with Crippen molar-refractivity contribution in [3.63, 3.8) is 0 Å². The van der Waals surface area contributed by atoms with Crippen molar-refractivity contribution < 1.29 is 9.53 Å². The monoisotopic (exact) mass is 352 g/mol. The van der Waals surface area contributed by atoms with Crippen LogP contribution in [-0.4, -0.2) is 62.5 Å². The number of rotatable bonds is 7. The molecule has 0 aliphatic carbocycles. The van der Waals surface area contributed by atoms with Gasteiger partial charge < -0.3 is 4.74 Å². The maximum Gasteiger partial charge on any atom is 0.187 e. The van der Waals surface area contributed by atoms with E-state index in [4.69, 9.17) is 4.74 Å². The summed E-state index contributed by atoms with van der Waals surface area (Å²) in [4.78, 5) is 18.2. The molecule has 1 fully saturated rings. The number of benzene rings is 2. The molecule has 0 saturated carbocycles. The van der Waals surface area contributed by atoms with E-state index < -0.39 is 5.54 Å². The molecule has 0 radical (unpaired) electrons. The molecule has 2 aromatic carbocycles. The minimum Gasteiger partial charge on any atom is -0.379 e. The summed E-state index contributed by atoms with van der Waals surface area (Å²) in [6, 6.07) is 19.8. The molecule has 0 aromatic heterocycles. The van der Waals surface area contributed by atoms with Gasteiger partial charge in [-0.3, -0.25) is 14.6 Å². The van der Waals surface area contributed by atoms with Crippen LogP contribution >= 0.6 is 0 Å². The van der Waals surface area contributed by atoms with Gasteiger partial charge in [-0.15, -0.1) is 0 Å². The predicted octanol–water partition coefficient (Wildman–Crippen LogP) is 3.05. The van der Waals surface area contributed by atoms with Crippen LogP contribution in [0, 0.1) is 0 Å². The van der Waals surface area contributed by atoms with Crippen molar-refractivity contribution in [1.82, 2.24) is 9.80 Å². The van der Waals surface area contributed by atoms with Gasteiger partial charge in [0.05, 0.1) is 13.2 Å². The van der Waals surface area contributed by atoms with Gasteiger partial charge in [0.1, 0.15) is 5.54 Å². The fraction of sp³-hybridized carbons (Fsp3) is 0.409. The Morgan fingerprint density at radius 1 is 1.00 bits per heavy atom. The van der Waals surface area contributed by atoms with Crippen molar-refractivity contribution in [2.75, 3.05) is 46.9 Å². The van der Waals surface area contributed by atoms with Gasteiger partial charge >= 0.3 is 0 Å². The third-order valence-electron chi connectivity index (χ3n) is 5.32. The third kappa shape index (κ3) is 3.88. The molecule has 4 heteroatoms. The zero-order valence-corrected chi connectivity index (χ0v) is 15.7. The molecule has 0 amide bonds. The highest BCUT2D eigenvalue weighted by Crippen LogP contribution is 2.34. The van der Waals surface area contributed by atoms with E-state index in [0.29, 0.717) is 0 Å². The van der Waals surface area contributed by atoms with E-state index in [1.807, 2.05) is 62.6 Å². The van der Waals surface area contributed by atoms with Crippen LogP contribution in [0.5, 0.6) is 0 Å². The molecular weight excluding hydrogens is 324 g/mol. The van der Waals surface area contributed by atoms with E-state index in [-0.39, 0.29) is 5.78 Å². The summed E-state index contributed by atoms with van der Waals surface area (Å²) in [5, 5.41) is 0. The van der Waals surface area contributed by atoms with Crippen molar-refractivity contribution in [2.24, 2.45) is 0 Å². The Bertz CT molecular complexity index is 697. The van der Waals surface area contributed by atoms with Gasteiger partial charge in [0.15, 0.2) is 5.78 Å². The van der Waals surface area contributed by atoms with Gasteiger partial charge in [0.2, 0.25) is 0 Å². The number of hydrogen-bond donors (Lipinski definition) is 0.